The SMILES string of the molecule is CN(c1ccc(O)cc1)c1cc2ccc(Cl)cc2cn1. The maximum atomic E-state index is 9.33. The quantitative estimate of drug-likeness (QED) is 0.759. The van der Waals surface area contributed by atoms with Crippen LogP contribution in [0.3, 0.4) is 0 Å². The van der Waals surface area contributed by atoms with Gasteiger partial charge in [0.25, 0.3) is 0 Å². The highest BCUT2D eigenvalue weighted by Crippen LogP contribution is 2.27. The number of aromatic hydroxyl groups is 1. The van der Waals surface area contributed by atoms with E-state index in [0.717, 1.165) is 22.3 Å². The molecule has 1 aromatic heterocycles. The zero-order valence-corrected chi connectivity index (χ0v) is 11.7. The minimum atomic E-state index is 0.253. The normalized spacial score (nSPS) is 10.7. The van der Waals surface area contributed by atoms with Gasteiger partial charge in [0.2, 0.25) is 0 Å². The van der Waals surface area contributed by atoms with Crippen LogP contribution in [0, 0.1) is 0 Å². The van der Waals surface area contributed by atoms with Crippen LogP contribution < -0.4 is 4.90 Å². The summed E-state index contributed by atoms with van der Waals surface area (Å²) >= 11 is 5.97. The van der Waals surface area contributed by atoms with Gasteiger partial charge in [-0.1, -0.05) is 17.7 Å². The molecule has 0 saturated heterocycles. The fraction of sp³-hybridized carbons (Fsp3) is 0.0625. The lowest BCUT2D eigenvalue weighted by atomic mass is 10.2. The van der Waals surface area contributed by atoms with Crippen molar-refractivity contribution < 1.29 is 5.11 Å². The standard InChI is InChI=1S/C16H13ClN2O/c1-19(14-4-6-15(20)7-5-14)16-9-11-2-3-13(17)8-12(11)10-18-16/h2-10,20H,1H3. The number of benzene rings is 2. The van der Waals surface area contributed by atoms with Gasteiger partial charge in [0.1, 0.15) is 11.6 Å². The van der Waals surface area contributed by atoms with E-state index in [4.69, 9.17) is 11.6 Å². The van der Waals surface area contributed by atoms with E-state index in [-0.39, 0.29) is 5.75 Å². The first-order valence-corrected chi connectivity index (χ1v) is 6.59. The van der Waals surface area contributed by atoms with Gasteiger partial charge in [-0.2, -0.15) is 0 Å². The highest BCUT2D eigenvalue weighted by atomic mass is 35.5. The summed E-state index contributed by atoms with van der Waals surface area (Å²) < 4.78 is 0. The molecule has 0 aliphatic carbocycles. The van der Waals surface area contributed by atoms with Crippen molar-refractivity contribution in [3.05, 3.63) is 59.8 Å². The number of hydrogen-bond acceptors (Lipinski definition) is 3. The van der Waals surface area contributed by atoms with Crippen molar-refractivity contribution >= 4 is 33.9 Å². The first-order valence-electron chi connectivity index (χ1n) is 6.21. The summed E-state index contributed by atoms with van der Waals surface area (Å²) in [6, 6.07) is 14.8. The molecule has 3 rings (SSSR count). The molecular weight excluding hydrogens is 272 g/mol. The van der Waals surface area contributed by atoms with Crippen LogP contribution in [-0.2, 0) is 0 Å². The third kappa shape index (κ3) is 2.40. The van der Waals surface area contributed by atoms with Crippen molar-refractivity contribution in [2.24, 2.45) is 0 Å². The zero-order valence-electron chi connectivity index (χ0n) is 10.9. The molecule has 0 radical (unpaired) electrons. The van der Waals surface area contributed by atoms with Crippen LogP contribution in [0.15, 0.2) is 54.7 Å². The molecular formula is C16H13ClN2O. The second kappa shape index (κ2) is 5.02. The van der Waals surface area contributed by atoms with Gasteiger partial charge in [0.05, 0.1) is 0 Å². The number of phenolic OH excluding ortho intramolecular Hbond substituents is 1. The predicted octanol–water partition coefficient (Wildman–Crippen LogP) is 4.36. The van der Waals surface area contributed by atoms with Gasteiger partial charge in [-0.3, -0.25) is 0 Å². The topological polar surface area (TPSA) is 36.4 Å². The molecule has 3 nitrogen and oxygen atoms in total. The van der Waals surface area contributed by atoms with Gasteiger partial charge in [0, 0.05) is 29.3 Å². The number of pyridine rings is 1. The van der Waals surface area contributed by atoms with Crippen molar-refractivity contribution in [2.75, 3.05) is 11.9 Å². The van der Waals surface area contributed by atoms with E-state index < -0.39 is 0 Å². The smallest absolute Gasteiger partial charge is 0.133 e. The van der Waals surface area contributed by atoms with E-state index in [2.05, 4.69) is 4.98 Å². The number of anilines is 2. The number of halogens is 1. The molecule has 1 N–H and O–H groups in total. The predicted molar refractivity (Wildman–Crippen MR) is 82.9 cm³/mol. The highest BCUT2D eigenvalue weighted by Gasteiger charge is 2.06. The lowest BCUT2D eigenvalue weighted by Crippen LogP contribution is -2.10. The minimum absolute atomic E-state index is 0.253. The molecule has 20 heavy (non-hydrogen) atoms. The Balaban J connectivity index is 2.01. The van der Waals surface area contributed by atoms with Gasteiger partial charge < -0.3 is 10.0 Å². The fourth-order valence-electron chi connectivity index (χ4n) is 2.09. The number of hydrogen-bond donors (Lipinski definition) is 1. The van der Waals surface area contributed by atoms with E-state index in [9.17, 15) is 5.11 Å². The number of aromatic nitrogens is 1. The van der Waals surface area contributed by atoms with Crippen molar-refractivity contribution in [2.45, 2.75) is 0 Å². The molecule has 0 amide bonds. The van der Waals surface area contributed by atoms with E-state index in [0.29, 0.717) is 5.02 Å². The van der Waals surface area contributed by atoms with Gasteiger partial charge in [0.15, 0.2) is 0 Å². The number of fused-ring (bicyclic) bond motifs is 1. The summed E-state index contributed by atoms with van der Waals surface area (Å²) in [6.45, 7) is 0. The second-order valence-corrected chi connectivity index (χ2v) is 5.05. The number of rotatable bonds is 2. The lowest BCUT2D eigenvalue weighted by molar-refractivity contribution is 0.475. The van der Waals surface area contributed by atoms with Crippen molar-refractivity contribution in [3.8, 4) is 5.75 Å². The molecule has 0 unspecified atom stereocenters. The average molecular weight is 285 g/mol. The number of nitrogens with zero attached hydrogens (tertiary/aromatic N) is 2. The van der Waals surface area contributed by atoms with Gasteiger partial charge in [-0.25, -0.2) is 4.98 Å². The summed E-state index contributed by atoms with van der Waals surface area (Å²) in [7, 11) is 1.94. The molecule has 0 aliphatic rings. The Kier molecular flexibility index (Phi) is 3.20. The molecule has 0 bridgehead atoms. The van der Waals surface area contributed by atoms with E-state index in [1.54, 1.807) is 12.1 Å². The third-order valence-corrected chi connectivity index (χ3v) is 3.49. The van der Waals surface area contributed by atoms with Crippen LogP contribution in [0.2, 0.25) is 5.02 Å². The number of phenols is 1. The van der Waals surface area contributed by atoms with Crippen LogP contribution in [0.1, 0.15) is 0 Å². The Morgan fingerprint density at radius 1 is 1.00 bits per heavy atom. The van der Waals surface area contributed by atoms with Crippen LogP contribution >= 0.6 is 11.6 Å². The molecule has 3 aromatic rings. The van der Waals surface area contributed by atoms with E-state index in [1.165, 1.54) is 0 Å². The Morgan fingerprint density at radius 3 is 2.50 bits per heavy atom. The van der Waals surface area contributed by atoms with Gasteiger partial charge in [-0.15, -0.1) is 0 Å². The lowest BCUT2D eigenvalue weighted by Gasteiger charge is -2.18. The highest BCUT2D eigenvalue weighted by molar-refractivity contribution is 6.31. The average Bonchev–Trinajstić information content (AvgIpc) is 2.47. The summed E-state index contributed by atoms with van der Waals surface area (Å²) in [6.07, 6.45) is 1.81. The first kappa shape index (κ1) is 12.8. The molecule has 0 fully saturated rings. The summed E-state index contributed by atoms with van der Waals surface area (Å²) in [4.78, 5) is 6.42. The molecule has 4 heteroatoms. The van der Waals surface area contributed by atoms with Gasteiger partial charge >= 0.3 is 0 Å². The van der Waals surface area contributed by atoms with Crippen molar-refractivity contribution in [3.63, 3.8) is 0 Å². The van der Waals surface area contributed by atoms with Crippen LogP contribution in [0.25, 0.3) is 10.8 Å². The Hall–Kier alpha value is -2.26. The van der Waals surface area contributed by atoms with E-state index >= 15 is 0 Å². The Labute approximate surface area is 122 Å². The fourth-order valence-corrected chi connectivity index (χ4v) is 2.27. The van der Waals surface area contributed by atoms with Crippen molar-refractivity contribution in [1.29, 1.82) is 0 Å². The Morgan fingerprint density at radius 2 is 1.75 bits per heavy atom. The molecule has 0 spiro atoms. The molecule has 0 atom stereocenters. The second-order valence-electron chi connectivity index (χ2n) is 4.61. The maximum Gasteiger partial charge on any atom is 0.133 e. The molecule has 0 saturated carbocycles. The maximum absolute atomic E-state index is 9.33. The van der Waals surface area contributed by atoms with Crippen LogP contribution in [-0.4, -0.2) is 17.1 Å². The monoisotopic (exact) mass is 284 g/mol. The molecule has 2 aromatic carbocycles. The molecule has 1 heterocycles. The summed E-state index contributed by atoms with van der Waals surface area (Å²) in [5.74, 6) is 1.09. The largest absolute Gasteiger partial charge is 0.508 e. The van der Waals surface area contributed by atoms with E-state index in [1.807, 2.05) is 54.5 Å². The van der Waals surface area contributed by atoms with Crippen LogP contribution in [0.5, 0.6) is 5.75 Å². The molecule has 0 aliphatic heterocycles. The third-order valence-electron chi connectivity index (χ3n) is 3.25. The summed E-state index contributed by atoms with van der Waals surface area (Å²) in [5.41, 5.74) is 0.962. The van der Waals surface area contributed by atoms with Crippen molar-refractivity contribution in [1.82, 2.24) is 4.98 Å². The molecule has 100 valence electrons. The van der Waals surface area contributed by atoms with Gasteiger partial charge in [-0.05, 0) is 47.9 Å². The zero-order chi connectivity index (χ0) is 14.1. The summed E-state index contributed by atoms with van der Waals surface area (Å²) in [5, 5.41) is 12.1. The van der Waals surface area contributed by atoms with Crippen LogP contribution in [0.4, 0.5) is 11.5 Å². The minimum Gasteiger partial charge on any atom is -0.508 e. The first-order chi connectivity index (χ1) is 9.63. The Bertz CT molecular complexity index is 756.